The average molecular weight is 294 g/mol. The molecule has 1 amide bonds. The molecular formula is C14H18N2O3S. The van der Waals surface area contributed by atoms with Crippen molar-refractivity contribution in [1.29, 1.82) is 0 Å². The lowest BCUT2D eigenvalue weighted by Gasteiger charge is -2.22. The van der Waals surface area contributed by atoms with Gasteiger partial charge in [-0.05, 0) is 24.1 Å². The Bertz CT molecular complexity index is 487. The number of carbonyl (C=O) groups excluding carboxylic acids is 1. The van der Waals surface area contributed by atoms with Gasteiger partial charge in [0.25, 0.3) is 0 Å². The highest BCUT2D eigenvalue weighted by Crippen LogP contribution is 2.08. The number of hydrogen-bond acceptors (Lipinski definition) is 4. The van der Waals surface area contributed by atoms with Crippen molar-refractivity contribution in [2.75, 3.05) is 24.6 Å². The topological polar surface area (TPSA) is 78.4 Å². The molecule has 2 rings (SSSR count). The van der Waals surface area contributed by atoms with Gasteiger partial charge in [-0.3, -0.25) is 4.79 Å². The molecule has 0 radical (unpaired) electrons. The Morgan fingerprint density at radius 1 is 1.45 bits per heavy atom. The van der Waals surface area contributed by atoms with E-state index in [2.05, 4.69) is 10.6 Å². The van der Waals surface area contributed by atoms with Crippen LogP contribution in [0.4, 0.5) is 0 Å². The van der Waals surface area contributed by atoms with Crippen LogP contribution >= 0.6 is 11.8 Å². The molecule has 3 N–H and O–H groups in total. The van der Waals surface area contributed by atoms with Crippen LogP contribution in [-0.4, -0.2) is 47.6 Å². The third kappa shape index (κ3) is 4.25. The van der Waals surface area contributed by atoms with Crippen LogP contribution in [0.2, 0.25) is 0 Å². The average Bonchev–Trinajstić information content (AvgIpc) is 2.48. The van der Waals surface area contributed by atoms with Gasteiger partial charge in [-0.2, -0.15) is 11.8 Å². The van der Waals surface area contributed by atoms with E-state index in [0.717, 1.165) is 23.6 Å². The molecule has 0 aliphatic carbocycles. The molecule has 0 saturated carbocycles. The fourth-order valence-corrected chi connectivity index (χ4v) is 2.98. The summed E-state index contributed by atoms with van der Waals surface area (Å²) in [5, 5.41) is 15.0. The zero-order valence-corrected chi connectivity index (χ0v) is 11.9. The Hall–Kier alpha value is -1.53. The number of rotatable bonds is 5. The highest BCUT2D eigenvalue weighted by atomic mass is 32.2. The molecule has 0 spiro atoms. The van der Waals surface area contributed by atoms with Gasteiger partial charge in [0.2, 0.25) is 5.91 Å². The van der Waals surface area contributed by atoms with E-state index in [-0.39, 0.29) is 17.5 Å². The Morgan fingerprint density at radius 2 is 2.30 bits per heavy atom. The first-order valence-electron chi connectivity index (χ1n) is 6.58. The minimum atomic E-state index is -0.931. The molecule has 6 heteroatoms. The van der Waals surface area contributed by atoms with Crippen molar-refractivity contribution in [3.63, 3.8) is 0 Å². The highest BCUT2D eigenvalue weighted by Gasteiger charge is 2.20. The SMILES string of the molecule is O=C(O)c1cccc(CCNC(=O)C2CSCCN2)c1. The number of carbonyl (C=O) groups is 2. The summed E-state index contributed by atoms with van der Waals surface area (Å²) in [6, 6.07) is 6.68. The maximum absolute atomic E-state index is 11.9. The van der Waals surface area contributed by atoms with Crippen molar-refractivity contribution in [1.82, 2.24) is 10.6 Å². The van der Waals surface area contributed by atoms with Crippen molar-refractivity contribution < 1.29 is 14.7 Å². The van der Waals surface area contributed by atoms with E-state index in [0.29, 0.717) is 13.0 Å². The first-order chi connectivity index (χ1) is 9.66. The van der Waals surface area contributed by atoms with E-state index in [4.69, 9.17) is 5.11 Å². The smallest absolute Gasteiger partial charge is 0.335 e. The number of nitrogens with one attached hydrogen (secondary N) is 2. The number of hydrogen-bond donors (Lipinski definition) is 3. The first-order valence-corrected chi connectivity index (χ1v) is 7.73. The van der Waals surface area contributed by atoms with Gasteiger partial charge in [-0.1, -0.05) is 12.1 Å². The Balaban J connectivity index is 1.79. The highest BCUT2D eigenvalue weighted by molar-refractivity contribution is 7.99. The fraction of sp³-hybridized carbons (Fsp3) is 0.429. The monoisotopic (exact) mass is 294 g/mol. The van der Waals surface area contributed by atoms with E-state index in [1.807, 2.05) is 6.07 Å². The summed E-state index contributed by atoms with van der Waals surface area (Å²) >= 11 is 1.78. The molecule has 0 bridgehead atoms. The lowest BCUT2D eigenvalue weighted by molar-refractivity contribution is -0.122. The van der Waals surface area contributed by atoms with Crippen LogP contribution in [0.3, 0.4) is 0 Å². The zero-order chi connectivity index (χ0) is 14.4. The van der Waals surface area contributed by atoms with Crippen LogP contribution in [-0.2, 0) is 11.2 Å². The van der Waals surface area contributed by atoms with Crippen molar-refractivity contribution in [3.8, 4) is 0 Å². The molecule has 1 aromatic carbocycles. The summed E-state index contributed by atoms with van der Waals surface area (Å²) < 4.78 is 0. The van der Waals surface area contributed by atoms with Crippen LogP contribution in [0, 0.1) is 0 Å². The molecule has 1 heterocycles. The number of benzene rings is 1. The molecule has 1 fully saturated rings. The standard InChI is InChI=1S/C14H18N2O3S/c17-13(12-9-20-7-6-15-12)16-5-4-10-2-1-3-11(8-10)14(18)19/h1-3,8,12,15H,4-7,9H2,(H,16,17)(H,18,19). The molecule has 1 unspecified atom stereocenters. The second kappa shape index (κ2) is 7.31. The summed E-state index contributed by atoms with van der Waals surface area (Å²) in [5.41, 5.74) is 1.19. The molecule has 1 aliphatic heterocycles. The molecule has 1 aliphatic rings. The number of carboxylic acids is 1. The molecule has 108 valence electrons. The third-order valence-corrected chi connectivity index (χ3v) is 4.19. The van der Waals surface area contributed by atoms with E-state index >= 15 is 0 Å². The molecule has 0 aromatic heterocycles. The molecule has 1 atom stereocenters. The maximum atomic E-state index is 11.9. The van der Waals surface area contributed by atoms with Gasteiger partial charge in [-0.25, -0.2) is 4.79 Å². The lowest BCUT2D eigenvalue weighted by Crippen LogP contribution is -2.49. The van der Waals surface area contributed by atoms with Crippen LogP contribution in [0.15, 0.2) is 24.3 Å². The van der Waals surface area contributed by atoms with Crippen molar-refractivity contribution in [2.45, 2.75) is 12.5 Å². The van der Waals surface area contributed by atoms with Crippen LogP contribution in [0.1, 0.15) is 15.9 Å². The number of aromatic carboxylic acids is 1. The first kappa shape index (κ1) is 14.9. The molecule has 1 saturated heterocycles. The third-order valence-electron chi connectivity index (χ3n) is 3.12. The second-order valence-electron chi connectivity index (χ2n) is 4.63. The van der Waals surface area contributed by atoms with Gasteiger partial charge in [-0.15, -0.1) is 0 Å². The summed E-state index contributed by atoms with van der Waals surface area (Å²) in [4.78, 5) is 22.7. The largest absolute Gasteiger partial charge is 0.478 e. The molecule has 5 nitrogen and oxygen atoms in total. The van der Waals surface area contributed by atoms with E-state index in [1.54, 1.807) is 30.0 Å². The molecule has 1 aromatic rings. The van der Waals surface area contributed by atoms with Crippen molar-refractivity contribution >= 4 is 23.6 Å². The van der Waals surface area contributed by atoms with E-state index in [1.165, 1.54) is 0 Å². The Labute approximate surface area is 122 Å². The van der Waals surface area contributed by atoms with Crippen LogP contribution in [0.25, 0.3) is 0 Å². The summed E-state index contributed by atoms with van der Waals surface area (Å²) in [6.45, 7) is 1.38. The second-order valence-corrected chi connectivity index (χ2v) is 5.78. The van der Waals surface area contributed by atoms with Crippen molar-refractivity contribution in [2.24, 2.45) is 0 Å². The normalized spacial score (nSPS) is 18.5. The van der Waals surface area contributed by atoms with Gasteiger partial charge in [0.1, 0.15) is 0 Å². The quantitative estimate of drug-likeness (QED) is 0.747. The minimum Gasteiger partial charge on any atom is -0.478 e. The van der Waals surface area contributed by atoms with Gasteiger partial charge in [0.05, 0.1) is 11.6 Å². The minimum absolute atomic E-state index is 0.0200. The lowest BCUT2D eigenvalue weighted by atomic mass is 10.1. The number of thioether (sulfide) groups is 1. The molecular weight excluding hydrogens is 276 g/mol. The predicted octanol–water partition coefficient (Wildman–Crippen LogP) is 0.748. The molecule has 20 heavy (non-hydrogen) atoms. The number of amides is 1. The van der Waals surface area contributed by atoms with Gasteiger partial charge >= 0.3 is 5.97 Å². The summed E-state index contributed by atoms with van der Waals surface area (Å²) in [7, 11) is 0. The van der Waals surface area contributed by atoms with E-state index < -0.39 is 5.97 Å². The predicted molar refractivity (Wildman–Crippen MR) is 79.2 cm³/mol. The van der Waals surface area contributed by atoms with E-state index in [9.17, 15) is 9.59 Å². The summed E-state index contributed by atoms with van der Waals surface area (Å²) in [5.74, 6) is 0.942. The fourth-order valence-electron chi connectivity index (χ4n) is 2.05. The van der Waals surface area contributed by atoms with Gasteiger partial charge < -0.3 is 15.7 Å². The number of carboxylic acid groups (broad SMARTS) is 1. The zero-order valence-electron chi connectivity index (χ0n) is 11.1. The van der Waals surface area contributed by atoms with Crippen molar-refractivity contribution in [3.05, 3.63) is 35.4 Å². The Morgan fingerprint density at radius 3 is 3.00 bits per heavy atom. The van der Waals surface area contributed by atoms with Gasteiger partial charge in [0.15, 0.2) is 0 Å². The van der Waals surface area contributed by atoms with Crippen LogP contribution in [0.5, 0.6) is 0 Å². The van der Waals surface area contributed by atoms with Crippen LogP contribution < -0.4 is 10.6 Å². The van der Waals surface area contributed by atoms with Gasteiger partial charge in [0, 0.05) is 24.6 Å². The Kier molecular flexibility index (Phi) is 5.43. The maximum Gasteiger partial charge on any atom is 0.335 e. The summed E-state index contributed by atoms with van der Waals surface area (Å²) in [6.07, 6.45) is 0.632.